The Balaban J connectivity index is 1.98. The van der Waals surface area contributed by atoms with Gasteiger partial charge in [0.15, 0.2) is 5.01 Å². The topological polar surface area (TPSA) is 30.0 Å². The minimum absolute atomic E-state index is 0.0212. The smallest absolute Gasteiger partial charge is 0.221 e. The summed E-state index contributed by atoms with van der Waals surface area (Å²) in [6, 6.07) is 17.2. The minimum atomic E-state index is -0.0212. The second-order valence-electron chi connectivity index (χ2n) is 4.63. The molecule has 0 radical (unpaired) electrons. The van der Waals surface area contributed by atoms with Gasteiger partial charge in [-0.25, -0.2) is 4.98 Å². The highest BCUT2D eigenvalue weighted by atomic mass is 79.9. The molecule has 0 saturated carbocycles. The van der Waals surface area contributed by atoms with Crippen LogP contribution in [0.5, 0.6) is 0 Å². The summed E-state index contributed by atoms with van der Waals surface area (Å²) < 4.78 is 1.03. The van der Waals surface area contributed by atoms with E-state index in [0.29, 0.717) is 10.6 Å². The lowest BCUT2D eigenvalue weighted by Crippen LogP contribution is -1.99. The molecule has 0 amide bonds. The molecule has 0 bridgehead atoms. The molecule has 2 nitrogen and oxygen atoms in total. The van der Waals surface area contributed by atoms with Gasteiger partial charge in [0.1, 0.15) is 0 Å². The number of rotatable bonds is 3. The molecule has 1 aromatic heterocycles. The number of ketones is 1. The van der Waals surface area contributed by atoms with Crippen LogP contribution >= 0.6 is 27.3 Å². The minimum Gasteiger partial charge on any atom is -0.286 e. The number of hydrogen-bond acceptors (Lipinski definition) is 3. The summed E-state index contributed by atoms with van der Waals surface area (Å²) in [4.78, 5) is 18.0. The normalized spacial score (nSPS) is 10.6. The van der Waals surface area contributed by atoms with Crippen LogP contribution in [0.3, 0.4) is 0 Å². The summed E-state index contributed by atoms with van der Waals surface area (Å²) in [6.07, 6.45) is 0. The zero-order valence-corrected chi connectivity index (χ0v) is 13.7. The molecule has 1 heterocycles. The van der Waals surface area contributed by atoms with Gasteiger partial charge in [-0.15, -0.1) is 11.3 Å². The SMILES string of the molecule is Cc1sc(C(=O)c2ccccc2)nc1-c1ccc(Br)cc1. The van der Waals surface area contributed by atoms with Crippen molar-refractivity contribution in [3.8, 4) is 11.3 Å². The van der Waals surface area contributed by atoms with Crippen molar-refractivity contribution in [2.75, 3.05) is 0 Å². The Morgan fingerprint density at radius 2 is 1.71 bits per heavy atom. The van der Waals surface area contributed by atoms with Gasteiger partial charge in [0.2, 0.25) is 5.78 Å². The fourth-order valence-electron chi connectivity index (χ4n) is 2.08. The van der Waals surface area contributed by atoms with Crippen LogP contribution in [0.1, 0.15) is 20.2 Å². The van der Waals surface area contributed by atoms with Crippen LogP contribution in [0.25, 0.3) is 11.3 Å². The molecule has 0 aliphatic heterocycles. The lowest BCUT2D eigenvalue weighted by atomic mass is 10.1. The van der Waals surface area contributed by atoms with E-state index >= 15 is 0 Å². The molecule has 2 aromatic carbocycles. The quantitative estimate of drug-likeness (QED) is 0.609. The fourth-order valence-corrected chi connectivity index (χ4v) is 3.24. The maximum atomic E-state index is 12.4. The number of thiazole rings is 1. The molecule has 0 N–H and O–H groups in total. The molecule has 3 rings (SSSR count). The first kappa shape index (κ1) is 14.2. The van der Waals surface area contributed by atoms with E-state index in [4.69, 9.17) is 0 Å². The molecular formula is C17H12BrNOS. The number of benzene rings is 2. The van der Waals surface area contributed by atoms with Gasteiger partial charge in [-0.2, -0.15) is 0 Å². The predicted molar refractivity (Wildman–Crippen MR) is 89.9 cm³/mol. The molecule has 3 aromatic rings. The molecule has 0 aliphatic carbocycles. The number of aryl methyl sites for hydroxylation is 1. The van der Waals surface area contributed by atoms with Crippen molar-refractivity contribution < 1.29 is 4.79 Å². The Bertz CT molecular complexity index is 778. The average Bonchev–Trinajstić information content (AvgIpc) is 2.90. The van der Waals surface area contributed by atoms with E-state index in [1.165, 1.54) is 11.3 Å². The number of nitrogens with zero attached hydrogens (tertiary/aromatic N) is 1. The van der Waals surface area contributed by atoms with Crippen LogP contribution in [-0.4, -0.2) is 10.8 Å². The van der Waals surface area contributed by atoms with Crippen LogP contribution in [0, 0.1) is 6.92 Å². The molecule has 0 unspecified atom stereocenters. The Hall–Kier alpha value is -1.78. The number of halogens is 1. The van der Waals surface area contributed by atoms with Crippen LogP contribution in [0.2, 0.25) is 0 Å². The maximum absolute atomic E-state index is 12.4. The summed E-state index contributed by atoms with van der Waals surface area (Å²) in [5, 5.41) is 0.539. The highest BCUT2D eigenvalue weighted by molar-refractivity contribution is 9.10. The molecule has 0 fully saturated rings. The maximum Gasteiger partial charge on any atom is 0.221 e. The molecule has 21 heavy (non-hydrogen) atoms. The monoisotopic (exact) mass is 357 g/mol. The van der Waals surface area contributed by atoms with Crippen molar-refractivity contribution in [3.05, 3.63) is 74.5 Å². The van der Waals surface area contributed by atoms with E-state index in [0.717, 1.165) is 20.6 Å². The lowest BCUT2D eigenvalue weighted by molar-refractivity contribution is 0.103. The Morgan fingerprint density at radius 1 is 1.05 bits per heavy atom. The number of carbonyl (C=O) groups excluding carboxylic acids is 1. The zero-order chi connectivity index (χ0) is 14.8. The second kappa shape index (κ2) is 5.92. The lowest BCUT2D eigenvalue weighted by Gasteiger charge is -1.98. The molecule has 0 saturated heterocycles. The van der Waals surface area contributed by atoms with E-state index in [2.05, 4.69) is 20.9 Å². The highest BCUT2D eigenvalue weighted by Gasteiger charge is 2.16. The standard InChI is InChI=1S/C17H12BrNOS/c1-11-15(12-7-9-14(18)10-8-12)19-17(21-11)16(20)13-5-3-2-4-6-13/h2-10H,1H3. The Kier molecular flexibility index (Phi) is 3.99. The van der Waals surface area contributed by atoms with Gasteiger partial charge in [-0.3, -0.25) is 4.79 Å². The van der Waals surface area contributed by atoms with E-state index in [9.17, 15) is 4.79 Å². The number of aromatic nitrogens is 1. The van der Waals surface area contributed by atoms with Gasteiger partial charge in [0.05, 0.1) is 5.69 Å². The van der Waals surface area contributed by atoms with Gasteiger partial charge >= 0.3 is 0 Å². The van der Waals surface area contributed by atoms with Crippen molar-refractivity contribution in [2.24, 2.45) is 0 Å². The summed E-state index contributed by atoms with van der Waals surface area (Å²) in [5.41, 5.74) is 2.58. The van der Waals surface area contributed by atoms with Crippen LogP contribution in [0.15, 0.2) is 59.1 Å². The molecule has 0 spiro atoms. The van der Waals surface area contributed by atoms with Crippen LogP contribution in [0.4, 0.5) is 0 Å². The third kappa shape index (κ3) is 2.96. The third-order valence-corrected chi connectivity index (χ3v) is 4.64. The summed E-state index contributed by atoms with van der Waals surface area (Å²) in [6.45, 7) is 2.00. The molecule has 104 valence electrons. The molecule has 0 aliphatic rings. The number of hydrogen-bond donors (Lipinski definition) is 0. The molecular weight excluding hydrogens is 346 g/mol. The number of carbonyl (C=O) groups is 1. The largest absolute Gasteiger partial charge is 0.286 e. The first-order valence-corrected chi connectivity index (χ1v) is 8.09. The van der Waals surface area contributed by atoms with E-state index in [1.54, 1.807) is 0 Å². The van der Waals surface area contributed by atoms with Crippen LogP contribution in [-0.2, 0) is 0 Å². The Morgan fingerprint density at radius 3 is 2.38 bits per heavy atom. The molecule has 4 heteroatoms. The van der Waals surface area contributed by atoms with Gasteiger partial charge in [-0.05, 0) is 19.1 Å². The fraction of sp³-hybridized carbons (Fsp3) is 0.0588. The van der Waals surface area contributed by atoms with E-state index < -0.39 is 0 Å². The van der Waals surface area contributed by atoms with E-state index in [-0.39, 0.29) is 5.78 Å². The van der Waals surface area contributed by atoms with Gasteiger partial charge < -0.3 is 0 Å². The highest BCUT2D eigenvalue weighted by Crippen LogP contribution is 2.29. The third-order valence-electron chi connectivity index (χ3n) is 3.14. The van der Waals surface area contributed by atoms with Crippen molar-refractivity contribution in [1.82, 2.24) is 4.98 Å². The van der Waals surface area contributed by atoms with Crippen molar-refractivity contribution >= 4 is 33.0 Å². The van der Waals surface area contributed by atoms with Gasteiger partial charge in [0.25, 0.3) is 0 Å². The van der Waals surface area contributed by atoms with Crippen molar-refractivity contribution in [2.45, 2.75) is 6.92 Å². The van der Waals surface area contributed by atoms with Crippen molar-refractivity contribution in [1.29, 1.82) is 0 Å². The first-order valence-electron chi connectivity index (χ1n) is 6.48. The predicted octanol–water partition coefficient (Wildman–Crippen LogP) is 5.11. The van der Waals surface area contributed by atoms with Crippen molar-refractivity contribution in [3.63, 3.8) is 0 Å². The van der Waals surface area contributed by atoms with Crippen LogP contribution < -0.4 is 0 Å². The molecule has 0 atom stereocenters. The summed E-state index contributed by atoms with van der Waals surface area (Å²) in [5.74, 6) is -0.0212. The van der Waals surface area contributed by atoms with Gasteiger partial charge in [-0.1, -0.05) is 58.4 Å². The summed E-state index contributed by atoms with van der Waals surface area (Å²) in [7, 11) is 0. The summed E-state index contributed by atoms with van der Waals surface area (Å²) >= 11 is 4.87. The first-order chi connectivity index (χ1) is 10.1. The average molecular weight is 358 g/mol. The Labute approximate surface area is 135 Å². The second-order valence-corrected chi connectivity index (χ2v) is 6.74. The van der Waals surface area contributed by atoms with Gasteiger partial charge in [0, 0.05) is 20.5 Å². The van der Waals surface area contributed by atoms with E-state index in [1.807, 2.05) is 61.5 Å². The zero-order valence-electron chi connectivity index (χ0n) is 11.3.